The highest BCUT2D eigenvalue weighted by Gasteiger charge is 2.15. The minimum atomic E-state index is -0.179. The minimum absolute atomic E-state index is 0.179. The molecule has 86 valence electrons. The molecule has 0 aliphatic rings. The van der Waals surface area contributed by atoms with Gasteiger partial charge in [0.25, 0.3) is 0 Å². The standard InChI is InChI=1S/C14H13NO2/c1-3-10(2)14(16)13-9-12(15-17-13)11-7-5-4-6-8-11/h4-9H,2-3H2,1H3. The first-order valence-electron chi connectivity index (χ1n) is 5.47. The molecule has 0 unspecified atom stereocenters. The zero-order chi connectivity index (χ0) is 12.3. The molecule has 0 N–H and O–H groups in total. The Balaban J connectivity index is 2.28. The highest BCUT2D eigenvalue weighted by Crippen LogP contribution is 2.20. The number of hydrogen-bond donors (Lipinski definition) is 0. The van der Waals surface area contributed by atoms with E-state index in [2.05, 4.69) is 11.7 Å². The summed E-state index contributed by atoms with van der Waals surface area (Å²) < 4.78 is 5.04. The Bertz CT molecular complexity index is 540. The number of ketones is 1. The van der Waals surface area contributed by atoms with Crippen LogP contribution in [0.1, 0.15) is 23.9 Å². The van der Waals surface area contributed by atoms with Crippen LogP contribution in [0.2, 0.25) is 0 Å². The largest absolute Gasteiger partial charge is 0.352 e. The SMILES string of the molecule is C=C(CC)C(=O)c1cc(-c2ccccc2)no1. The van der Waals surface area contributed by atoms with E-state index in [0.717, 1.165) is 5.56 Å². The molecule has 0 atom stereocenters. The third-order valence-corrected chi connectivity index (χ3v) is 2.55. The Morgan fingerprint density at radius 3 is 2.71 bits per heavy atom. The number of rotatable bonds is 4. The van der Waals surface area contributed by atoms with Gasteiger partial charge >= 0.3 is 0 Å². The van der Waals surface area contributed by atoms with Crippen molar-refractivity contribution < 1.29 is 9.32 Å². The molecule has 3 heteroatoms. The van der Waals surface area contributed by atoms with Crippen molar-refractivity contribution in [2.45, 2.75) is 13.3 Å². The zero-order valence-corrected chi connectivity index (χ0v) is 9.64. The number of nitrogens with zero attached hydrogens (tertiary/aromatic N) is 1. The molecule has 17 heavy (non-hydrogen) atoms. The maximum absolute atomic E-state index is 11.8. The van der Waals surface area contributed by atoms with Crippen LogP contribution in [0.5, 0.6) is 0 Å². The first-order valence-corrected chi connectivity index (χ1v) is 5.47. The predicted molar refractivity (Wildman–Crippen MR) is 65.7 cm³/mol. The number of carbonyl (C=O) groups excluding carboxylic acids is 1. The van der Waals surface area contributed by atoms with Gasteiger partial charge in [-0.25, -0.2) is 0 Å². The molecular weight excluding hydrogens is 214 g/mol. The first kappa shape index (κ1) is 11.3. The highest BCUT2D eigenvalue weighted by molar-refractivity contribution is 6.06. The van der Waals surface area contributed by atoms with E-state index in [4.69, 9.17) is 4.52 Å². The summed E-state index contributed by atoms with van der Waals surface area (Å²) in [6.07, 6.45) is 0.611. The van der Waals surface area contributed by atoms with E-state index in [9.17, 15) is 4.79 Å². The zero-order valence-electron chi connectivity index (χ0n) is 9.64. The molecule has 0 radical (unpaired) electrons. The third-order valence-electron chi connectivity index (χ3n) is 2.55. The molecule has 0 aliphatic carbocycles. The van der Waals surface area contributed by atoms with Gasteiger partial charge in [-0.3, -0.25) is 4.79 Å². The van der Waals surface area contributed by atoms with E-state index in [1.807, 2.05) is 37.3 Å². The van der Waals surface area contributed by atoms with Crippen molar-refractivity contribution in [3.05, 3.63) is 54.3 Å². The van der Waals surface area contributed by atoms with Crippen LogP contribution in [0.25, 0.3) is 11.3 Å². The summed E-state index contributed by atoms with van der Waals surface area (Å²) in [7, 11) is 0. The molecule has 0 spiro atoms. The number of hydrogen-bond acceptors (Lipinski definition) is 3. The Morgan fingerprint density at radius 1 is 1.35 bits per heavy atom. The van der Waals surface area contributed by atoms with Crippen LogP contribution in [0.15, 0.2) is 53.1 Å². The van der Waals surface area contributed by atoms with Gasteiger partial charge in [-0.1, -0.05) is 49.0 Å². The van der Waals surface area contributed by atoms with Gasteiger partial charge in [0.1, 0.15) is 5.69 Å². The summed E-state index contributed by atoms with van der Waals surface area (Å²) in [5.74, 6) is 0.0675. The molecule has 3 nitrogen and oxygen atoms in total. The average molecular weight is 227 g/mol. The quantitative estimate of drug-likeness (QED) is 0.593. The fraction of sp³-hybridized carbons (Fsp3) is 0.143. The van der Waals surface area contributed by atoms with E-state index in [1.165, 1.54) is 0 Å². The van der Waals surface area contributed by atoms with E-state index in [0.29, 0.717) is 17.7 Å². The van der Waals surface area contributed by atoms with Crippen molar-refractivity contribution in [1.82, 2.24) is 5.16 Å². The monoisotopic (exact) mass is 227 g/mol. The lowest BCUT2D eigenvalue weighted by Gasteiger charge is -1.94. The summed E-state index contributed by atoms with van der Waals surface area (Å²) in [4.78, 5) is 11.8. The van der Waals surface area contributed by atoms with Crippen LogP contribution in [0.3, 0.4) is 0 Å². The maximum Gasteiger partial charge on any atom is 0.226 e. The number of allylic oxidation sites excluding steroid dienone is 1. The van der Waals surface area contributed by atoms with Gasteiger partial charge in [0.15, 0.2) is 0 Å². The second kappa shape index (κ2) is 4.78. The summed E-state index contributed by atoms with van der Waals surface area (Å²) in [6.45, 7) is 5.58. The van der Waals surface area contributed by atoms with Gasteiger partial charge in [-0.2, -0.15) is 0 Å². The van der Waals surface area contributed by atoms with Crippen molar-refractivity contribution >= 4 is 5.78 Å². The second-order valence-electron chi connectivity index (χ2n) is 3.73. The van der Waals surface area contributed by atoms with Gasteiger partial charge in [-0.15, -0.1) is 0 Å². The predicted octanol–water partition coefficient (Wildman–Crippen LogP) is 3.49. The van der Waals surface area contributed by atoms with Crippen molar-refractivity contribution in [3.63, 3.8) is 0 Å². The average Bonchev–Trinajstić information content (AvgIpc) is 2.87. The van der Waals surface area contributed by atoms with Crippen LogP contribution >= 0.6 is 0 Å². The smallest absolute Gasteiger partial charge is 0.226 e. The van der Waals surface area contributed by atoms with Crippen molar-refractivity contribution in [1.29, 1.82) is 0 Å². The van der Waals surface area contributed by atoms with Gasteiger partial charge in [0.2, 0.25) is 11.5 Å². The molecule has 1 heterocycles. The number of carbonyl (C=O) groups is 1. The van der Waals surface area contributed by atoms with Crippen molar-refractivity contribution in [2.24, 2.45) is 0 Å². The summed E-state index contributed by atoms with van der Waals surface area (Å²) in [5, 5.41) is 3.89. The normalized spacial score (nSPS) is 10.2. The van der Waals surface area contributed by atoms with Gasteiger partial charge < -0.3 is 4.52 Å². The molecule has 0 bridgehead atoms. The van der Waals surface area contributed by atoms with E-state index in [-0.39, 0.29) is 11.5 Å². The first-order chi connectivity index (χ1) is 8.22. The van der Waals surface area contributed by atoms with Crippen molar-refractivity contribution in [2.75, 3.05) is 0 Å². The fourth-order valence-electron chi connectivity index (χ4n) is 1.46. The third kappa shape index (κ3) is 2.33. The lowest BCUT2D eigenvalue weighted by molar-refractivity contribution is 0.0993. The number of benzene rings is 1. The van der Waals surface area contributed by atoms with Crippen LogP contribution in [-0.2, 0) is 0 Å². The molecule has 0 saturated carbocycles. The molecule has 1 aromatic heterocycles. The number of aromatic nitrogens is 1. The van der Waals surface area contributed by atoms with Gasteiger partial charge in [-0.05, 0) is 12.0 Å². The Morgan fingerprint density at radius 2 is 2.06 bits per heavy atom. The summed E-state index contributed by atoms with van der Waals surface area (Å²) in [6, 6.07) is 11.2. The topological polar surface area (TPSA) is 43.1 Å². The summed E-state index contributed by atoms with van der Waals surface area (Å²) >= 11 is 0. The highest BCUT2D eigenvalue weighted by atomic mass is 16.5. The summed E-state index contributed by atoms with van der Waals surface area (Å²) in [5.41, 5.74) is 2.12. The maximum atomic E-state index is 11.8. The number of Topliss-reactive ketones (excluding diaryl/α,β-unsaturated/α-hetero) is 1. The van der Waals surface area contributed by atoms with E-state index in [1.54, 1.807) is 6.07 Å². The van der Waals surface area contributed by atoms with Crippen LogP contribution in [0.4, 0.5) is 0 Å². The van der Waals surface area contributed by atoms with Crippen LogP contribution in [-0.4, -0.2) is 10.9 Å². The molecule has 2 rings (SSSR count). The fourth-order valence-corrected chi connectivity index (χ4v) is 1.46. The van der Waals surface area contributed by atoms with Crippen LogP contribution < -0.4 is 0 Å². The van der Waals surface area contributed by atoms with E-state index < -0.39 is 0 Å². The minimum Gasteiger partial charge on any atom is -0.352 e. The lowest BCUT2D eigenvalue weighted by atomic mass is 10.1. The van der Waals surface area contributed by atoms with Gasteiger partial charge in [0, 0.05) is 11.6 Å². The van der Waals surface area contributed by atoms with Crippen molar-refractivity contribution in [3.8, 4) is 11.3 Å². The van der Waals surface area contributed by atoms with Crippen LogP contribution in [0, 0.1) is 0 Å². The molecule has 0 amide bonds. The molecule has 2 aromatic rings. The molecular formula is C14H13NO2. The molecule has 0 fully saturated rings. The second-order valence-corrected chi connectivity index (χ2v) is 3.73. The molecule has 1 aromatic carbocycles. The lowest BCUT2D eigenvalue weighted by Crippen LogP contribution is -1.99. The molecule has 0 saturated heterocycles. The Hall–Kier alpha value is -2.16. The van der Waals surface area contributed by atoms with Gasteiger partial charge in [0.05, 0.1) is 0 Å². The Labute approximate surface area is 99.8 Å². The molecule has 0 aliphatic heterocycles. The van der Waals surface area contributed by atoms with E-state index >= 15 is 0 Å². The Kier molecular flexibility index (Phi) is 3.19.